The topological polar surface area (TPSA) is 32.8 Å². The van der Waals surface area contributed by atoms with Gasteiger partial charge in [0.2, 0.25) is 0 Å². The number of hydrogen-bond acceptors (Lipinski definition) is 4. The summed E-state index contributed by atoms with van der Waals surface area (Å²) in [6.07, 6.45) is 0. The third-order valence-corrected chi connectivity index (χ3v) is 16.6. The van der Waals surface area contributed by atoms with Crippen LogP contribution in [0.2, 0.25) is 0 Å². The molecule has 0 N–H and O–H groups in total. The van der Waals surface area contributed by atoms with Gasteiger partial charge in [0.25, 0.3) is 0 Å². The maximum atomic E-state index is 7.33. The third-order valence-electron chi connectivity index (χ3n) is 16.6. The number of rotatable bonds is 8. The number of hydrogen-bond donors (Lipinski definition) is 0. The molecular weight excluding hydrogens is 925 g/mol. The van der Waals surface area contributed by atoms with E-state index >= 15 is 0 Å². The summed E-state index contributed by atoms with van der Waals surface area (Å²) in [4.78, 5) is 5.11. The van der Waals surface area contributed by atoms with Crippen LogP contribution in [0.1, 0.15) is 137 Å². The van der Waals surface area contributed by atoms with Crippen LogP contribution >= 0.6 is 0 Å². The van der Waals surface area contributed by atoms with Gasteiger partial charge in [-0.3, -0.25) is 0 Å². The van der Waals surface area contributed by atoms with Gasteiger partial charge in [0.05, 0.1) is 22.7 Å². The van der Waals surface area contributed by atoms with Gasteiger partial charge in [-0.1, -0.05) is 178 Å². The first kappa shape index (κ1) is 49.3. The molecule has 12 rings (SSSR count). The lowest BCUT2D eigenvalue weighted by molar-refractivity contribution is 0.572. The van der Waals surface area contributed by atoms with Crippen LogP contribution in [0.4, 0.5) is 34.1 Å². The molecule has 0 aliphatic heterocycles. The smallest absolute Gasteiger partial charge is 0.159 e. The Hall–Kier alpha value is -7.56. The van der Waals surface area contributed by atoms with Crippen molar-refractivity contribution >= 4 is 110 Å². The zero-order valence-corrected chi connectivity index (χ0v) is 47.6. The Balaban J connectivity index is 1.24. The standard InChI is InChI=1S/C72H72N2O2/c1-39(2)55-37-61(73(59-35-41(5)23-25-43(59)7)65-45(9)27-29-51-49-19-17-21-57(71(11,12)13)67(49)75-69(51)65)53-34-32-48-56(40(3)4)38-62(54-33-31-47(55)63(53)64(48)54)74(60-36-42(6)24-26-44(60)8)66-46(10)28-30-52-50-20-18-22-58(72(14,15)16)68(50)76-70(52)66/h17-40H,1-16H3. The minimum Gasteiger partial charge on any atom is -0.454 e. The number of nitrogens with zero attached hydrogens (tertiary/aromatic N) is 2. The van der Waals surface area contributed by atoms with E-state index in [1.54, 1.807) is 0 Å². The molecule has 0 amide bonds. The van der Waals surface area contributed by atoms with Crippen molar-refractivity contribution in [3.05, 3.63) is 189 Å². The van der Waals surface area contributed by atoms with Crippen LogP contribution in [-0.4, -0.2) is 0 Å². The van der Waals surface area contributed by atoms with Crippen molar-refractivity contribution in [3.8, 4) is 0 Å². The van der Waals surface area contributed by atoms with E-state index in [0.29, 0.717) is 0 Å². The van der Waals surface area contributed by atoms with Gasteiger partial charge in [-0.15, -0.1) is 0 Å². The fourth-order valence-corrected chi connectivity index (χ4v) is 12.6. The van der Waals surface area contributed by atoms with E-state index in [-0.39, 0.29) is 22.7 Å². The molecule has 0 atom stereocenters. The van der Waals surface area contributed by atoms with Gasteiger partial charge in [0, 0.05) is 54.8 Å². The number of fused-ring (bicyclic) bond motifs is 6. The van der Waals surface area contributed by atoms with Gasteiger partial charge in [-0.2, -0.15) is 0 Å². The van der Waals surface area contributed by atoms with E-state index in [4.69, 9.17) is 8.83 Å². The van der Waals surface area contributed by atoms with E-state index in [0.717, 1.165) is 89.1 Å². The predicted octanol–water partition coefficient (Wildman–Crippen LogP) is 22.0. The average molecular weight is 997 g/mol. The van der Waals surface area contributed by atoms with Crippen LogP contribution in [0.25, 0.3) is 76.2 Å². The van der Waals surface area contributed by atoms with Gasteiger partial charge < -0.3 is 18.6 Å². The van der Waals surface area contributed by atoms with Crippen molar-refractivity contribution < 1.29 is 8.83 Å². The van der Waals surface area contributed by atoms with E-state index in [2.05, 4.69) is 254 Å². The molecule has 0 radical (unpaired) electrons. The first-order chi connectivity index (χ1) is 36.1. The van der Waals surface area contributed by atoms with E-state index in [1.165, 1.54) is 76.8 Å². The average Bonchev–Trinajstić information content (AvgIpc) is 3.95. The lowest BCUT2D eigenvalue weighted by Gasteiger charge is -2.33. The molecule has 76 heavy (non-hydrogen) atoms. The van der Waals surface area contributed by atoms with Gasteiger partial charge >= 0.3 is 0 Å². The normalized spacial score (nSPS) is 12.7. The Morgan fingerprint density at radius 3 is 1.05 bits per heavy atom. The maximum absolute atomic E-state index is 7.33. The van der Waals surface area contributed by atoms with Crippen molar-refractivity contribution in [2.45, 2.75) is 133 Å². The minimum atomic E-state index is -0.109. The second-order valence-corrected chi connectivity index (χ2v) is 24.9. The summed E-state index contributed by atoms with van der Waals surface area (Å²) in [5.41, 5.74) is 22.4. The summed E-state index contributed by atoms with van der Waals surface area (Å²) < 4.78 is 14.7. The van der Waals surface area contributed by atoms with Crippen LogP contribution in [-0.2, 0) is 10.8 Å². The third kappa shape index (κ3) is 7.53. The summed E-state index contributed by atoms with van der Waals surface area (Å²) in [6, 6.07) is 50.9. The summed E-state index contributed by atoms with van der Waals surface area (Å²) in [5, 5.41) is 12.1. The minimum absolute atomic E-state index is 0.109. The van der Waals surface area contributed by atoms with Crippen molar-refractivity contribution in [1.29, 1.82) is 0 Å². The number of anilines is 6. The molecule has 12 aromatic rings. The predicted molar refractivity (Wildman–Crippen MR) is 328 cm³/mol. The molecular formula is C72H72N2O2. The monoisotopic (exact) mass is 997 g/mol. The molecule has 0 aliphatic rings. The largest absolute Gasteiger partial charge is 0.454 e. The molecule has 4 nitrogen and oxygen atoms in total. The highest BCUT2D eigenvalue weighted by atomic mass is 16.3. The van der Waals surface area contributed by atoms with Crippen molar-refractivity contribution in [2.24, 2.45) is 0 Å². The summed E-state index contributed by atoms with van der Waals surface area (Å²) in [5.74, 6) is 0.450. The Morgan fingerprint density at radius 2 is 0.684 bits per heavy atom. The molecule has 4 heteroatoms. The number of furan rings is 2. The van der Waals surface area contributed by atoms with Crippen molar-refractivity contribution in [3.63, 3.8) is 0 Å². The second kappa shape index (κ2) is 17.5. The highest BCUT2D eigenvalue weighted by molar-refractivity contribution is 6.30. The molecule has 0 saturated carbocycles. The van der Waals surface area contributed by atoms with Crippen LogP contribution in [0, 0.1) is 41.5 Å². The molecule has 382 valence electrons. The second-order valence-electron chi connectivity index (χ2n) is 24.9. The quantitative estimate of drug-likeness (QED) is 0.142. The highest BCUT2D eigenvalue weighted by Crippen LogP contribution is 2.55. The fraction of sp³-hybridized carbons (Fsp3) is 0.278. The Kier molecular flexibility index (Phi) is 11.4. The molecule has 0 bridgehead atoms. The van der Waals surface area contributed by atoms with Crippen molar-refractivity contribution in [2.75, 3.05) is 9.80 Å². The fourth-order valence-electron chi connectivity index (χ4n) is 12.6. The van der Waals surface area contributed by atoms with Crippen LogP contribution in [0.15, 0.2) is 142 Å². The Labute approximate surface area is 449 Å². The van der Waals surface area contributed by atoms with Gasteiger partial charge in [-0.25, -0.2) is 0 Å². The van der Waals surface area contributed by atoms with Gasteiger partial charge in [0.1, 0.15) is 11.2 Å². The lowest BCUT2D eigenvalue weighted by atomic mass is 9.83. The molecule has 2 heterocycles. The molecule has 2 aromatic heterocycles. The van der Waals surface area contributed by atoms with Crippen LogP contribution in [0.3, 0.4) is 0 Å². The molecule has 0 aliphatic carbocycles. The zero-order valence-electron chi connectivity index (χ0n) is 47.6. The number of para-hydroxylation sites is 2. The Morgan fingerprint density at radius 1 is 0.342 bits per heavy atom. The summed E-state index contributed by atoms with van der Waals surface area (Å²) in [7, 11) is 0. The molecule has 0 saturated heterocycles. The first-order valence-electron chi connectivity index (χ1n) is 27.6. The first-order valence-corrected chi connectivity index (χ1v) is 27.6. The maximum Gasteiger partial charge on any atom is 0.159 e. The van der Waals surface area contributed by atoms with Crippen molar-refractivity contribution in [1.82, 2.24) is 0 Å². The van der Waals surface area contributed by atoms with Gasteiger partial charge in [0.15, 0.2) is 11.2 Å². The van der Waals surface area contributed by atoms with Crippen LogP contribution < -0.4 is 9.80 Å². The molecule has 0 spiro atoms. The zero-order chi connectivity index (χ0) is 53.6. The van der Waals surface area contributed by atoms with E-state index in [1.807, 2.05) is 0 Å². The Bertz CT molecular complexity index is 4050. The van der Waals surface area contributed by atoms with E-state index < -0.39 is 0 Å². The van der Waals surface area contributed by atoms with Crippen LogP contribution in [0.5, 0.6) is 0 Å². The number of aryl methyl sites for hydroxylation is 6. The molecule has 0 fully saturated rings. The van der Waals surface area contributed by atoms with E-state index in [9.17, 15) is 0 Å². The summed E-state index contributed by atoms with van der Waals surface area (Å²) >= 11 is 0. The number of benzene rings is 10. The molecule has 10 aromatic carbocycles. The lowest BCUT2D eigenvalue weighted by Crippen LogP contribution is -2.16. The van der Waals surface area contributed by atoms with Gasteiger partial charge in [-0.05, 0) is 155 Å². The molecule has 0 unspecified atom stereocenters. The summed E-state index contributed by atoms with van der Waals surface area (Å²) in [6.45, 7) is 36.5. The highest BCUT2D eigenvalue weighted by Gasteiger charge is 2.32. The SMILES string of the molecule is Cc1ccc(C)c(N(c2cc(C(C)C)c3ccc4c(N(c5cc(C)ccc5C)c5c(C)ccc6c5oc5c(C(C)(C)C)cccc56)cc(C(C)C)c5ccc2c3c54)c2c(C)ccc3c2oc2c(C(C)(C)C)cccc23)c1.